The molecule has 0 unspecified atom stereocenters. The second-order valence-corrected chi connectivity index (χ2v) is 9.34. The van der Waals surface area contributed by atoms with Crippen LogP contribution in [0, 0.1) is 23.2 Å². The van der Waals surface area contributed by atoms with Crippen molar-refractivity contribution in [1.29, 1.82) is 0 Å². The third kappa shape index (κ3) is 4.16. The van der Waals surface area contributed by atoms with E-state index in [1.165, 1.54) is 16.8 Å². The van der Waals surface area contributed by atoms with Gasteiger partial charge in [-0.3, -0.25) is 0 Å². The van der Waals surface area contributed by atoms with Crippen LogP contribution in [-0.2, 0) is 9.47 Å². The lowest BCUT2D eigenvalue weighted by Gasteiger charge is -2.55. The molecule has 1 aliphatic heterocycles. The molecule has 1 aromatic carbocycles. The Morgan fingerprint density at radius 2 is 1.93 bits per heavy atom. The van der Waals surface area contributed by atoms with Crippen LogP contribution in [0.2, 0.25) is 0 Å². The number of hydrogen-bond acceptors (Lipinski definition) is 4. The van der Waals surface area contributed by atoms with E-state index in [0.717, 1.165) is 0 Å². The van der Waals surface area contributed by atoms with Crippen LogP contribution in [0.5, 0.6) is 0 Å². The van der Waals surface area contributed by atoms with E-state index in [0.29, 0.717) is 19.1 Å². The van der Waals surface area contributed by atoms with Gasteiger partial charge >= 0.3 is 6.09 Å². The van der Waals surface area contributed by atoms with E-state index >= 15 is 0 Å². The van der Waals surface area contributed by atoms with Gasteiger partial charge in [0.2, 0.25) is 0 Å². The van der Waals surface area contributed by atoms with Crippen LogP contribution in [-0.4, -0.2) is 39.4 Å². The van der Waals surface area contributed by atoms with Gasteiger partial charge in [0, 0.05) is 37.2 Å². The van der Waals surface area contributed by atoms with Crippen molar-refractivity contribution in [3.8, 4) is 0 Å². The Kier molecular flexibility index (Phi) is 6.27. The molecule has 1 aliphatic carbocycles. The Morgan fingerprint density at radius 1 is 1.28 bits per heavy atom. The quantitative estimate of drug-likeness (QED) is 0.722. The largest absolute Gasteiger partial charge is 0.449 e. The summed E-state index contributed by atoms with van der Waals surface area (Å²) in [5, 5.41) is 2.82. The van der Waals surface area contributed by atoms with Gasteiger partial charge in [-0.25, -0.2) is 4.79 Å². The molecule has 1 saturated heterocycles. The minimum absolute atomic E-state index is 0.0302. The summed E-state index contributed by atoms with van der Waals surface area (Å²) in [5.41, 5.74) is 3.56. The number of fused-ring (bicyclic) bond motifs is 2. The fourth-order valence-electron chi connectivity index (χ4n) is 5.00. The van der Waals surface area contributed by atoms with E-state index in [-0.39, 0.29) is 35.5 Å². The molecule has 0 aromatic heterocycles. The maximum absolute atomic E-state index is 12.1. The molecule has 5 heteroatoms. The molecule has 3 rings (SSSR count). The summed E-state index contributed by atoms with van der Waals surface area (Å²) in [5.74, 6) is 0.918. The molecule has 0 saturated carbocycles. The molecule has 29 heavy (non-hydrogen) atoms. The fourth-order valence-corrected chi connectivity index (χ4v) is 5.00. The Labute approximate surface area is 175 Å². The highest BCUT2D eigenvalue weighted by atomic mass is 16.6. The maximum Gasteiger partial charge on any atom is 0.407 e. The molecular formula is C24H36N2O3. The number of amides is 1. The van der Waals surface area contributed by atoms with Crippen LogP contribution in [0.1, 0.15) is 46.3 Å². The first-order chi connectivity index (χ1) is 13.7. The molecule has 2 aliphatic rings. The highest BCUT2D eigenvalue weighted by molar-refractivity contribution is 5.67. The molecule has 1 N–H and O–H groups in total. The van der Waals surface area contributed by atoms with Crippen LogP contribution >= 0.6 is 0 Å². The zero-order valence-electron chi connectivity index (χ0n) is 18.9. The molecule has 2 bridgehead atoms. The predicted molar refractivity (Wildman–Crippen MR) is 117 cm³/mol. The van der Waals surface area contributed by atoms with Crippen LogP contribution in [0.3, 0.4) is 0 Å². The number of nitrogens with zero attached hydrogens (tertiary/aromatic N) is 1. The number of carbonyl (C=O) groups is 1. The molecule has 1 heterocycles. The molecule has 1 amide bonds. The Morgan fingerprint density at radius 3 is 2.52 bits per heavy atom. The van der Waals surface area contributed by atoms with Crippen molar-refractivity contribution in [2.45, 2.75) is 46.8 Å². The van der Waals surface area contributed by atoms with Crippen LogP contribution in [0.25, 0.3) is 0 Å². The molecular weight excluding hydrogens is 364 g/mol. The predicted octanol–water partition coefficient (Wildman–Crippen LogP) is 4.79. The fraction of sp³-hybridized carbons (Fsp3) is 0.625. The molecule has 0 spiro atoms. The SMILES string of the molecule is CC1=C[C@@H](C)[C@]2(COC(=O)NC(C)C)CO[C@H](c3ccc(N(C)C)cc3)[C@H]1[C@H]2C. The first-order valence-electron chi connectivity index (χ1n) is 10.7. The summed E-state index contributed by atoms with van der Waals surface area (Å²) < 4.78 is 12.2. The lowest BCUT2D eigenvalue weighted by Crippen LogP contribution is -2.55. The Hall–Kier alpha value is -2.01. The molecule has 1 aromatic rings. The van der Waals surface area contributed by atoms with Crippen molar-refractivity contribution in [2.75, 3.05) is 32.2 Å². The standard InChI is InChI=1S/C24H36N2O3/c1-15(2)25-23(27)29-14-24-13-28-22(19-8-10-20(11-9-19)26(6)7)21(18(24)5)16(3)12-17(24)4/h8-12,15,17-18,21-22H,13-14H2,1-7H3,(H,25,27)/t17-,18-,21-,22-,24-/m1/s1. The average molecular weight is 401 g/mol. The van der Waals surface area contributed by atoms with E-state index < -0.39 is 0 Å². The summed E-state index contributed by atoms with van der Waals surface area (Å²) in [7, 11) is 4.10. The summed E-state index contributed by atoms with van der Waals surface area (Å²) >= 11 is 0. The Bertz CT molecular complexity index is 756. The number of benzene rings is 1. The first kappa shape index (κ1) is 21.7. The number of anilines is 1. The van der Waals surface area contributed by atoms with Gasteiger partial charge in [-0.2, -0.15) is 0 Å². The number of ether oxygens (including phenoxy) is 2. The zero-order valence-corrected chi connectivity index (χ0v) is 18.9. The lowest BCUT2D eigenvalue weighted by atomic mass is 9.56. The summed E-state index contributed by atoms with van der Waals surface area (Å²) in [6.07, 6.45) is 2.04. The van der Waals surface area contributed by atoms with Gasteiger partial charge in [0.15, 0.2) is 0 Å². The smallest absolute Gasteiger partial charge is 0.407 e. The van der Waals surface area contributed by atoms with Gasteiger partial charge in [0.25, 0.3) is 0 Å². The second kappa shape index (κ2) is 8.39. The zero-order chi connectivity index (χ0) is 21.3. The molecule has 5 nitrogen and oxygen atoms in total. The van der Waals surface area contributed by atoms with Crippen LogP contribution in [0.4, 0.5) is 10.5 Å². The number of nitrogens with one attached hydrogen (secondary N) is 1. The van der Waals surface area contributed by atoms with E-state index in [1.54, 1.807) is 0 Å². The third-order valence-corrected chi connectivity index (χ3v) is 6.87. The molecule has 1 fully saturated rings. The van der Waals surface area contributed by atoms with Gasteiger partial charge in [0.1, 0.15) is 6.61 Å². The molecule has 160 valence electrons. The number of carbonyl (C=O) groups excluding carboxylic acids is 1. The third-order valence-electron chi connectivity index (χ3n) is 6.87. The lowest BCUT2D eigenvalue weighted by molar-refractivity contribution is -0.165. The van der Waals surface area contributed by atoms with E-state index in [1.807, 2.05) is 27.9 Å². The summed E-state index contributed by atoms with van der Waals surface area (Å²) in [6, 6.07) is 8.72. The van der Waals surface area contributed by atoms with Gasteiger partial charge < -0.3 is 19.7 Å². The van der Waals surface area contributed by atoms with Crippen molar-refractivity contribution >= 4 is 11.8 Å². The minimum Gasteiger partial charge on any atom is -0.449 e. The van der Waals surface area contributed by atoms with Crippen molar-refractivity contribution < 1.29 is 14.3 Å². The van der Waals surface area contributed by atoms with Crippen molar-refractivity contribution in [2.24, 2.45) is 23.2 Å². The van der Waals surface area contributed by atoms with E-state index in [4.69, 9.17) is 9.47 Å². The Balaban J connectivity index is 1.83. The van der Waals surface area contributed by atoms with Gasteiger partial charge in [-0.1, -0.05) is 37.6 Å². The molecule has 5 atom stereocenters. The van der Waals surface area contributed by atoms with E-state index in [2.05, 4.69) is 61.3 Å². The highest BCUT2D eigenvalue weighted by Gasteiger charge is 2.54. The van der Waals surface area contributed by atoms with Gasteiger partial charge in [-0.15, -0.1) is 0 Å². The normalized spacial score (nSPS) is 31.2. The highest BCUT2D eigenvalue weighted by Crippen LogP contribution is 2.56. The summed E-state index contributed by atoms with van der Waals surface area (Å²) in [6.45, 7) is 11.6. The minimum atomic E-state index is -0.349. The maximum atomic E-state index is 12.1. The number of hydrogen-bond donors (Lipinski definition) is 1. The van der Waals surface area contributed by atoms with Crippen LogP contribution < -0.4 is 10.2 Å². The van der Waals surface area contributed by atoms with Crippen molar-refractivity contribution in [3.63, 3.8) is 0 Å². The number of allylic oxidation sites excluding steroid dienone is 1. The monoisotopic (exact) mass is 400 g/mol. The van der Waals surface area contributed by atoms with Crippen LogP contribution in [0.15, 0.2) is 35.9 Å². The van der Waals surface area contributed by atoms with Crippen molar-refractivity contribution in [3.05, 3.63) is 41.5 Å². The number of alkyl carbamates (subject to hydrolysis) is 1. The summed E-state index contributed by atoms with van der Waals surface area (Å²) in [4.78, 5) is 14.2. The van der Waals surface area contributed by atoms with Crippen molar-refractivity contribution in [1.82, 2.24) is 5.32 Å². The topological polar surface area (TPSA) is 50.8 Å². The van der Waals surface area contributed by atoms with Gasteiger partial charge in [0.05, 0.1) is 12.7 Å². The van der Waals surface area contributed by atoms with E-state index in [9.17, 15) is 4.79 Å². The first-order valence-corrected chi connectivity index (χ1v) is 10.7. The van der Waals surface area contributed by atoms with Gasteiger partial charge in [-0.05, 0) is 50.3 Å². The second-order valence-electron chi connectivity index (χ2n) is 9.34. The molecule has 0 radical (unpaired) electrons. The number of rotatable bonds is 5. The average Bonchev–Trinajstić information content (AvgIpc) is 2.65.